The summed E-state index contributed by atoms with van der Waals surface area (Å²) >= 11 is 0. The summed E-state index contributed by atoms with van der Waals surface area (Å²) in [5.74, 6) is -1.20. The number of carbonyl (C=O) groups is 1. The Bertz CT molecular complexity index is 269. The van der Waals surface area contributed by atoms with Crippen LogP contribution in [-0.2, 0) is 4.79 Å². The maximum atomic E-state index is 10.5. The van der Waals surface area contributed by atoms with Crippen LogP contribution < -0.4 is 5.73 Å². The van der Waals surface area contributed by atoms with E-state index in [0.29, 0.717) is 6.42 Å². The zero-order valence-electron chi connectivity index (χ0n) is 7.53. The molecule has 72 valence electrons. The van der Waals surface area contributed by atoms with Gasteiger partial charge in [0.15, 0.2) is 0 Å². The molecule has 4 nitrogen and oxygen atoms in total. The first-order valence-electron chi connectivity index (χ1n) is 4.22. The number of carboxylic acid groups (broad SMARTS) is 1. The second-order valence-electron chi connectivity index (χ2n) is 3.23. The Hall–Kier alpha value is -1.29. The van der Waals surface area contributed by atoms with Gasteiger partial charge in [-0.1, -0.05) is 6.92 Å². The van der Waals surface area contributed by atoms with Gasteiger partial charge in [-0.3, -0.25) is 4.79 Å². The normalized spacial score (nSPS) is 15.2. The highest BCUT2D eigenvalue weighted by molar-refractivity contribution is 5.69. The van der Waals surface area contributed by atoms with Crippen molar-refractivity contribution in [1.29, 1.82) is 0 Å². The van der Waals surface area contributed by atoms with Crippen molar-refractivity contribution >= 4 is 5.97 Å². The third-order valence-corrected chi connectivity index (χ3v) is 2.08. The third-order valence-electron chi connectivity index (χ3n) is 2.08. The Labute approximate surface area is 76.8 Å². The number of aromatic nitrogens is 1. The summed E-state index contributed by atoms with van der Waals surface area (Å²) in [6.07, 6.45) is 4.03. The van der Waals surface area contributed by atoms with Crippen LogP contribution in [0.25, 0.3) is 0 Å². The minimum absolute atomic E-state index is 0.197. The molecule has 0 aliphatic rings. The Morgan fingerprint density at radius 2 is 2.46 bits per heavy atom. The molecule has 4 heteroatoms. The Kier molecular flexibility index (Phi) is 3.08. The lowest BCUT2D eigenvalue weighted by molar-refractivity contribution is -0.141. The molecule has 0 saturated carbocycles. The van der Waals surface area contributed by atoms with E-state index in [1.165, 1.54) is 0 Å². The smallest absolute Gasteiger partial charge is 0.306 e. The standard InChI is InChI=1S/C9H14N2O2/c1-6(9(12)13)4-8(10)7-2-3-11-5-7/h2-3,5-6,8,11H,4,10H2,1H3,(H,12,13). The molecular formula is C9H14N2O2. The number of hydrogen-bond acceptors (Lipinski definition) is 2. The first-order chi connectivity index (χ1) is 6.11. The number of nitrogens with one attached hydrogen (secondary N) is 1. The molecule has 0 amide bonds. The molecule has 0 spiro atoms. The van der Waals surface area contributed by atoms with Crippen LogP contribution in [0, 0.1) is 5.92 Å². The zero-order chi connectivity index (χ0) is 9.84. The van der Waals surface area contributed by atoms with Crippen molar-refractivity contribution in [3.8, 4) is 0 Å². The number of hydrogen-bond donors (Lipinski definition) is 3. The van der Waals surface area contributed by atoms with E-state index in [-0.39, 0.29) is 6.04 Å². The van der Waals surface area contributed by atoms with Gasteiger partial charge >= 0.3 is 5.97 Å². The number of rotatable bonds is 4. The molecule has 0 aliphatic heterocycles. The fourth-order valence-corrected chi connectivity index (χ4v) is 1.19. The average molecular weight is 182 g/mol. The average Bonchev–Trinajstić information content (AvgIpc) is 2.55. The SMILES string of the molecule is CC(CC(N)c1cc[nH]c1)C(=O)O. The minimum Gasteiger partial charge on any atom is -0.481 e. The van der Waals surface area contributed by atoms with Crippen LogP contribution in [0.15, 0.2) is 18.5 Å². The van der Waals surface area contributed by atoms with Gasteiger partial charge in [-0.05, 0) is 18.1 Å². The highest BCUT2D eigenvalue weighted by Crippen LogP contribution is 2.18. The topological polar surface area (TPSA) is 79.1 Å². The molecule has 0 aliphatic carbocycles. The van der Waals surface area contributed by atoms with E-state index in [1.807, 2.05) is 6.07 Å². The molecule has 1 rings (SSSR count). The molecule has 1 aromatic heterocycles. The Morgan fingerprint density at radius 1 is 1.77 bits per heavy atom. The molecule has 13 heavy (non-hydrogen) atoms. The van der Waals surface area contributed by atoms with E-state index in [9.17, 15) is 4.79 Å². The molecule has 4 N–H and O–H groups in total. The summed E-state index contributed by atoms with van der Waals surface area (Å²) in [5.41, 5.74) is 6.75. The molecule has 2 unspecified atom stereocenters. The molecule has 1 heterocycles. The predicted molar refractivity (Wildman–Crippen MR) is 49.1 cm³/mol. The fourth-order valence-electron chi connectivity index (χ4n) is 1.19. The zero-order valence-corrected chi connectivity index (χ0v) is 7.53. The lowest BCUT2D eigenvalue weighted by atomic mass is 9.99. The molecule has 0 bridgehead atoms. The summed E-state index contributed by atoms with van der Waals surface area (Å²) in [6.45, 7) is 1.66. The van der Waals surface area contributed by atoms with Gasteiger partial charge in [0.25, 0.3) is 0 Å². The van der Waals surface area contributed by atoms with E-state index >= 15 is 0 Å². The van der Waals surface area contributed by atoms with Crippen LogP contribution in [-0.4, -0.2) is 16.1 Å². The van der Waals surface area contributed by atoms with Crippen molar-refractivity contribution in [2.24, 2.45) is 11.7 Å². The van der Waals surface area contributed by atoms with Gasteiger partial charge in [0, 0.05) is 18.4 Å². The molecule has 0 fully saturated rings. The van der Waals surface area contributed by atoms with Crippen LogP contribution >= 0.6 is 0 Å². The molecule has 0 radical (unpaired) electrons. The predicted octanol–water partition coefficient (Wildman–Crippen LogP) is 1.13. The first kappa shape index (κ1) is 9.80. The van der Waals surface area contributed by atoms with Crippen LogP contribution in [0.2, 0.25) is 0 Å². The third kappa shape index (κ3) is 2.59. The van der Waals surface area contributed by atoms with Crippen LogP contribution in [0.1, 0.15) is 24.9 Å². The van der Waals surface area contributed by atoms with E-state index in [0.717, 1.165) is 5.56 Å². The minimum atomic E-state index is -0.800. The van der Waals surface area contributed by atoms with E-state index < -0.39 is 11.9 Å². The lowest BCUT2D eigenvalue weighted by Crippen LogP contribution is -2.18. The van der Waals surface area contributed by atoms with Crippen molar-refractivity contribution in [2.75, 3.05) is 0 Å². The summed E-state index contributed by atoms with van der Waals surface area (Å²) in [7, 11) is 0. The van der Waals surface area contributed by atoms with Gasteiger partial charge in [0.05, 0.1) is 5.92 Å². The van der Waals surface area contributed by atoms with E-state index in [2.05, 4.69) is 4.98 Å². The van der Waals surface area contributed by atoms with Gasteiger partial charge in [-0.2, -0.15) is 0 Å². The lowest BCUT2D eigenvalue weighted by Gasteiger charge is -2.12. The Morgan fingerprint density at radius 3 is 2.92 bits per heavy atom. The van der Waals surface area contributed by atoms with E-state index in [4.69, 9.17) is 10.8 Å². The second kappa shape index (κ2) is 4.09. The summed E-state index contributed by atoms with van der Waals surface area (Å²) in [6, 6.07) is 1.66. The second-order valence-corrected chi connectivity index (χ2v) is 3.23. The van der Waals surface area contributed by atoms with Gasteiger partial charge in [0.2, 0.25) is 0 Å². The van der Waals surface area contributed by atoms with Gasteiger partial charge < -0.3 is 15.8 Å². The van der Waals surface area contributed by atoms with Crippen LogP contribution in [0.3, 0.4) is 0 Å². The quantitative estimate of drug-likeness (QED) is 0.653. The number of aromatic amines is 1. The number of H-pyrrole nitrogens is 1. The molecule has 0 saturated heterocycles. The molecule has 2 atom stereocenters. The summed E-state index contributed by atoms with van der Waals surface area (Å²) < 4.78 is 0. The summed E-state index contributed by atoms with van der Waals surface area (Å²) in [4.78, 5) is 13.4. The van der Waals surface area contributed by atoms with Gasteiger partial charge in [-0.25, -0.2) is 0 Å². The van der Waals surface area contributed by atoms with Crippen molar-refractivity contribution in [3.63, 3.8) is 0 Å². The van der Waals surface area contributed by atoms with Crippen molar-refractivity contribution in [1.82, 2.24) is 4.98 Å². The van der Waals surface area contributed by atoms with Crippen LogP contribution in [0.5, 0.6) is 0 Å². The molecule has 1 aromatic rings. The first-order valence-corrected chi connectivity index (χ1v) is 4.22. The monoisotopic (exact) mass is 182 g/mol. The summed E-state index contributed by atoms with van der Waals surface area (Å²) in [5, 5.41) is 8.67. The van der Waals surface area contributed by atoms with Crippen molar-refractivity contribution < 1.29 is 9.90 Å². The number of carboxylic acids is 1. The Balaban J connectivity index is 2.51. The molecule has 0 aromatic carbocycles. The maximum Gasteiger partial charge on any atom is 0.306 e. The number of aliphatic carboxylic acids is 1. The highest BCUT2D eigenvalue weighted by atomic mass is 16.4. The van der Waals surface area contributed by atoms with E-state index in [1.54, 1.807) is 19.3 Å². The van der Waals surface area contributed by atoms with Crippen molar-refractivity contribution in [2.45, 2.75) is 19.4 Å². The largest absolute Gasteiger partial charge is 0.481 e. The fraction of sp³-hybridized carbons (Fsp3) is 0.444. The maximum absolute atomic E-state index is 10.5. The van der Waals surface area contributed by atoms with Gasteiger partial charge in [-0.15, -0.1) is 0 Å². The highest BCUT2D eigenvalue weighted by Gasteiger charge is 2.16. The van der Waals surface area contributed by atoms with Crippen LogP contribution in [0.4, 0.5) is 0 Å². The molecular weight excluding hydrogens is 168 g/mol. The van der Waals surface area contributed by atoms with Crippen molar-refractivity contribution in [3.05, 3.63) is 24.0 Å². The van der Waals surface area contributed by atoms with Gasteiger partial charge in [0.1, 0.15) is 0 Å². The number of nitrogens with two attached hydrogens (primary N) is 1.